The number of rotatable bonds is 7. The van der Waals surface area contributed by atoms with Crippen LogP contribution in [0, 0.1) is 0 Å². The van der Waals surface area contributed by atoms with Crippen LogP contribution in [0.15, 0.2) is 73.1 Å². The number of nitrogen functional groups attached to an aromatic ring is 1. The average molecular weight is 639 g/mol. The standard InChI is InChI=1S/C35H42N8O4/c1-35(2,3)47-34(45)41-21-19-40(20-22-41)17-8-12-29(44)42-18-7-9-26(23-42)43-33-30(32(36)37-24-38-33)31(39-43)25-13-15-28(16-14-25)46-27-10-5-4-6-11-27/h4-6,8,10-16,24,26H,7,9,17-23H2,1-3H3,(H2,36,37,38). The fraction of sp³-hybridized carbons (Fsp3) is 0.400. The molecule has 47 heavy (non-hydrogen) atoms. The summed E-state index contributed by atoms with van der Waals surface area (Å²) >= 11 is 0. The molecule has 6 rings (SSSR count). The first kappa shape index (κ1) is 32.0. The number of ether oxygens (including phenoxy) is 2. The van der Waals surface area contributed by atoms with Crippen LogP contribution in [0.1, 0.15) is 39.7 Å². The average Bonchev–Trinajstić information content (AvgIpc) is 3.46. The molecule has 12 heteroatoms. The highest BCUT2D eigenvalue weighted by atomic mass is 16.6. The molecule has 4 heterocycles. The van der Waals surface area contributed by atoms with Crippen molar-refractivity contribution < 1.29 is 19.1 Å². The third-order valence-electron chi connectivity index (χ3n) is 8.33. The van der Waals surface area contributed by atoms with Gasteiger partial charge in [0, 0.05) is 57.5 Å². The van der Waals surface area contributed by atoms with Gasteiger partial charge in [-0.15, -0.1) is 0 Å². The summed E-state index contributed by atoms with van der Waals surface area (Å²) in [5, 5.41) is 5.70. The minimum absolute atomic E-state index is 0.0260. The van der Waals surface area contributed by atoms with Crippen molar-refractivity contribution in [1.82, 2.24) is 34.4 Å². The Kier molecular flexibility index (Phi) is 9.39. The number of piperazine rings is 1. The zero-order valence-corrected chi connectivity index (χ0v) is 27.2. The Hall–Kier alpha value is -4.97. The van der Waals surface area contributed by atoms with Crippen LogP contribution < -0.4 is 10.5 Å². The molecule has 0 saturated carbocycles. The van der Waals surface area contributed by atoms with E-state index in [4.69, 9.17) is 20.3 Å². The van der Waals surface area contributed by atoms with E-state index in [2.05, 4.69) is 14.9 Å². The van der Waals surface area contributed by atoms with Crippen LogP contribution in [0.4, 0.5) is 10.6 Å². The molecule has 2 saturated heterocycles. The van der Waals surface area contributed by atoms with E-state index in [-0.39, 0.29) is 18.0 Å². The van der Waals surface area contributed by atoms with E-state index in [0.29, 0.717) is 61.0 Å². The lowest BCUT2D eigenvalue weighted by atomic mass is 10.1. The third-order valence-corrected chi connectivity index (χ3v) is 8.33. The molecule has 246 valence electrons. The van der Waals surface area contributed by atoms with Crippen LogP contribution >= 0.6 is 0 Å². The lowest BCUT2D eigenvalue weighted by Gasteiger charge is -2.35. The van der Waals surface area contributed by atoms with E-state index >= 15 is 0 Å². The number of benzene rings is 2. The summed E-state index contributed by atoms with van der Waals surface area (Å²) < 4.78 is 13.4. The Morgan fingerprint density at radius 3 is 2.38 bits per heavy atom. The van der Waals surface area contributed by atoms with Gasteiger partial charge in [0.05, 0.1) is 11.4 Å². The molecule has 2 amide bonds. The largest absolute Gasteiger partial charge is 0.457 e. The zero-order valence-electron chi connectivity index (χ0n) is 27.2. The number of carbonyl (C=O) groups excluding carboxylic acids is 2. The predicted octanol–water partition coefficient (Wildman–Crippen LogP) is 5.14. The van der Waals surface area contributed by atoms with E-state index in [1.165, 1.54) is 6.33 Å². The SMILES string of the molecule is CC(C)(C)OC(=O)N1CCN(CC=CC(=O)N2CCCC(n3nc(-c4ccc(Oc5ccccc5)cc4)c4c(N)ncnc43)C2)CC1. The molecule has 2 aliphatic rings. The maximum Gasteiger partial charge on any atom is 0.410 e. The second-order valence-corrected chi connectivity index (χ2v) is 12.9. The maximum absolute atomic E-state index is 13.3. The van der Waals surface area contributed by atoms with Crippen LogP contribution in [0.5, 0.6) is 11.5 Å². The van der Waals surface area contributed by atoms with Crippen molar-refractivity contribution in [1.29, 1.82) is 0 Å². The summed E-state index contributed by atoms with van der Waals surface area (Å²) in [5.74, 6) is 1.81. The van der Waals surface area contributed by atoms with Crippen molar-refractivity contribution >= 4 is 28.9 Å². The number of hydrogen-bond donors (Lipinski definition) is 1. The summed E-state index contributed by atoms with van der Waals surface area (Å²) in [6, 6.07) is 17.3. The Balaban J connectivity index is 1.10. The molecule has 2 aromatic heterocycles. The van der Waals surface area contributed by atoms with Crippen LogP contribution in [0.3, 0.4) is 0 Å². The van der Waals surface area contributed by atoms with Crippen LogP contribution in [-0.4, -0.2) is 97.9 Å². The Labute approximate surface area is 274 Å². The number of aromatic nitrogens is 4. The quantitative estimate of drug-likeness (QED) is 0.273. The number of carbonyl (C=O) groups is 2. The number of likely N-dealkylation sites (tertiary alicyclic amines) is 1. The van der Waals surface area contributed by atoms with Gasteiger partial charge in [0.2, 0.25) is 5.91 Å². The van der Waals surface area contributed by atoms with Gasteiger partial charge in [-0.3, -0.25) is 9.69 Å². The van der Waals surface area contributed by atoms with Gasteiger partial charge in [-0.25, -0.2) is 19.4 Å². The van der Waals surface area contributed by atoms with Crippen molar-refractivity contribution in [2.24, 2.45) is 0 Å². The summed E-state index contributed by atoms with van der Waals surface area (Å²) in [4.78, 5) is 40.3. The number of fused-ring (bicyclic) bond motifs is 1. The normalized spacial score (nSPS) is 17.7. The molecule has 4 aromatic rings. The third kappa shape index (κ3) is 7.71. The molecule has 12 nitrogen and oxygen atoms in total. The van der Waals surface area contributed by atoms with Gasteiger partial charge in [-0.05, 0) is 70.0 Å². The number of anilines is 1. The first-order valence-corrected chi connectivity index (χ1v) is 16.1. The van der Waals surface area contributed by atoms with Gasteiger partial charge < -0.3 is 25.0 Å². The second kappa shape index (κ2) is 13.8. The predicted molar refractivity (Wildman–Crippen MR) is 180 cm³/mol. The van der Waals surface area contributed by atoms with E-state index in [1.54, 1.807) is 11.0 Å². The van der Waals surface area contributed by atoms with Crippen molar-refractivity contribution in [2.45, 2.75) is 45.3 Å². The van der Waals surface area contributed by atoms with Crippen molar-refractivity contribution in [3.63, 3.8) is 0 Å². The topological polar surface area (TPSA) is 132 Å². The summed E-state index contributed by atoms with van der Waals surface area (Å²) in [5.41, 5.74) is 8.08. The summed E-state index contributed by atoms with van der Waals surface area (Å²) in [6.07, 6.45) is 6.46. The molecule has 0 bridgehead atoms. The molecule has 2 aromatic carbocycles. The molecular formula is C35H42N8O4. The summed E-state index contributed by atoms with van der Waals surface area (Å²) in [7, 11) is 0. The molecule has 2 fully saturated rings. The summed E-state index contributed by atoms with van der Waals surface area (Å²) in [6.45, 7) is 10.1. The van der Waals surface area contributed by atoms with Gasteiger partial charge in [0.25, 0.3) is 0 Å². The Morgan fingerprint density at radius 1 is 0.936 bits per heavy atom. The highest BCUT2D eigenvalue weighted by Crippen LogP contribution is 2.35. The number of piperidine rings is 1. The first-order valence-electron chi connectivity index (χ1n) is 16.1. The van der Waals surface area contributed by atoms with E-state index in [1.807, 2.05) is 91.0 Å². The molecule has 1 unspecified atom stereocenters. The Morgan fingerprint density at radius 2 is 1.66 bits per heavy atom. The minimum Gasteiger partial charge on any atom is -0.457 e. The van der Waals surface area contributed by atoms with Gasteiger partial charge in [0.15, 0.2) is 5.65 Å². The molecule has 2 N–H and O–H groups in total. The van der Waals surface area contributed by atoms with Gasteiger partial charge in [-0.1, -0.05) is 24.3 Å². The second-order valence-electron chi connectivity index (χ2n) is 12.9. The molecule has 2 aliphatic heterocycles. The number of hydrogen-bond acceptors (Lipinski definition) is 9. The van der Waals surface area contributed by atoms with Gasteiger partial charge in [0.1, 0.15) is 34.9 Å². The van der Waals surface area contributed by atoms with Crippen LogP contribution in [0.2, 0.25) is 0 Å². The highest BCUT2D eigenvalue weighted by Gasteiger charge is 2.29. The fourth-order valence-electron chi connectivity index (χ4n) is 5.96. The van der Waals surface area contributed by atoms with Crippen molar-refractivity contribution in [2.75, 3.05) is 51.5 Å². The maximum atomic E-state index is 13.3. The fourth-order valence-corrected chi connectivity index (χ4v) is 5.96. The van der Waals surface area contributed by atoms with Gasteiger partial charge >= 0.3 is 6.09 Å². The lowest BCUT2D eigenvalue weighted by Crippen LogP contribution is -2.50. The number of para-hydroxylation sites is 1. The molecule has 1 atom stereocenters. The number of nitrogens with zero attached hydrogens (tertiary/aromatic N) is 7. The lowest BCUT2D eigenvalue weighted by molar-refractivity contribution is -0.127. The molecule has 0 spiro atoms. The molecule has 0 aliphatic carbocycles. The first-order chi connectivity index (χ1) is 22.6. The highest BCUT2D eigenvalue weighted by molar-refractivity contribution is 5.98. The van der Waals surface area contributed by atoms with Crippen LogP contribution in [0.25, 0.3) is 22.3 Å². The zero-order chi connectivity index (χ0) is 33.0. The van der Waals surface area contributed by atoms with Crippen molar-refractivity contribution in [3.8, 4) is 22.8 Å². The minimum atomic E-state index is -0.510. The van der Waals surface area contributed by atoms with Crippen LogP contribution in [-0.2, 0) is 9.53 Å². The van der Waals surface area contributed by atoms with E-state index in [0.717, 1.165) is 37.2 Å². The molecular weight excluding hydrogens is 596 g/mol. The Bertz CT molecular complexity index is 1720. The van der Waals surface area contributed by atoms with Crippen molar-refractivity contribution in [3.05, 3.63) is 73.1 Å². The van der Waals surface area contributed by atoms with Gasteiger partial charge in [-0.2, -0.15) is 5.10 Å². The van der Waals surface area contributed by atoms with E-state index < -0.39 is 5.60 Å². The number of amides is 2. The van der Waals surface area contributed by atoms with E-state index in [9.17, 15) is 9.59 Å². The smallest absolute Gasteiger partial charge is 0.410 e. The number of nitrogens with two attached hydrogens (primary N) is 1. The molecule has 0 radical (unpaired) electrons. The monoisotopic (exact) mass is 638 g/mol.